The van der Waals surface area contributed by atoms with E-state index in [1.807, 2.05) is 79.7 Å². The molecule has 5 rings (SSSR count). The number of hydrogen-bond acceptors (Lipinski definition) is 6. The molecule has 42 heavy (non-hydrogen) atoms. The second-order valence-corrected chi connectivity index (χ2v) is 10.1. The highest BCUT2D eigenvalue weighted by molar-refractivity contribution is 8.93. The highest BCUT2D eigenvalue weighted by Gasteiger charge is 2.16. The first-order valence-corrected chi connectivity index (χ1v) is 13.9. The van der Waals surface area contributed by atoms with Crippen molar-refractivity contribution in [1.29, 1.82) is 0 Å². The lowest BCUT2D eigenvalue weighted by Crippen LogP contribution is -2.30. The second kappa shape index (κ2) is 14.1. The smallest absolute Gasteiger partial charge is 0.439 e. The summed E-state index contributed by atoms with van der Waals surface area (Å²) in [5.41, 5.74) is 6.51. The maximum Gasteiger partial charge on any atom is 0.439 e. The standard InChI is InChI=1S/C33H34N4O4.BrH/c1-4-5-10-30-29(32(38)37(22(2)34-30)20-19-23-13-17-26(40-3)18-14-23)21-24-11-15-25(16-12-24)27-8-6-7-9-28(27)31-35-33(39)41-36-31;/h6-9,11-18H,4-5,10,19-21H2,1-3H3,(H,35,36,39);1H. The number of ether oxygens (including phenoxy) is 1. The predicted molar refractivity (Wildman–Crippen MR) is 170 cm³/mol. The lowest BCUT2D eigenvalue weighted by Gasteiger charge is -2.16. The van der Waals surface area contributed by atoms with Crippen molar-refractivity contribution in [3.05, 3.63) is 122 Å². The Kier molecular flexibility index (Phi) is 10.3. The maximum atomic E-state index is 13.8. The number of rotatable bonds is 11. The van der Waals surface area contributed by atoms with E-state index in [-0.39, 0.29) is 22.5 Å². The highest BCUT2D eigenvalue weighted by Crippen LogP contribution is 2.30. The summed E-state index contributed by atoms with van der Waals surface area (Å²) in [6.07, 6.45) is 4.03. The minimum Gasteiger partial charge on any atom is -0.497 e. The fourth-order valence-corrected chi connectivity index (χ4v) is 5.08. The summed E-state index contributed by atoms with van der Waals surface area (Å²) in [5.74, 6) is 1.35. The topological polar surface area (TPSA) is 103 Å². The number of methoxy groups -OCH3 is 1. The first kappa shape index (κ1) is 30.7. The number of nitrogens with one attached hydrogen (secondary N) is 1. The van der Waals surface area contributed by atoms with Crippen LogP contribution in [0.3, 0.4) is 0 Å². The van der Waals surface area contributed by atoms with Crippen LogP contribution in [0.5, 0.6) is 5.75 Å². The van der Waals surface area contributed by atoms with Gasteiger partial charge in [0.25, 0.3) is 5.56 Å². The van der Waals surface area contributed by atoms with E-state index in [9.17, 15) is 9.59 Å². The van der Waals surface area contributed by atoms with Crippen molar-refractivity contribution in [2.75, 3.05) is 7.11 Å². The normalized spacial score (nSPS) is 10.8. The maximum absolute atomic E-state index is 13.8. The fraction of sp³-hybridized carbons (Fsp3) is 0.273. The molecule has 0 aliphatic carbocycles. The zero-order valence-electron chi connectivity index (χ0n) is 24.1. The number of nitrogens with zero attached hydrogens (tertiary/aromatic N) is 3. The van der Waals surface area contributed by atoms with Crippen molar-refractivity contribution in [3.63, 3.8) is 0 Å². The van der Waals surface area contributed by atoms with Gasteiger partial charge < -0.3 is 4.74 Å². The number of halogens is 1. The van der Waals surface area contributed by atoms with Crippen molar-refractivity contribution in [2.24, 2.45) is 0 Å². The Morgan fingerprint density at radius 3 is 2.24 bits per heavy atom. The Labute approximate surface area is 255 Å². The van der Waals surface area contributed by atoms with Crippen LogP contribution in [-0.4, -0.2) is 26.8 Å². The van der Waals surface area contributed by atoms with Gasteiger partial charge in [0.1, 0.15) is 11.6 Å². The molecule has 8 nitrogen and oxygen atoms in total. The Hall–Kier alpha value is -4.24. The number of aromatic nitrogens is 4. The molecule has 0 aliphatic rings. The van der Waals surface area contributed by atoms with Gasteiger partial charge in [-0.1, -0.05) is 79.2 Å². The van der Waals surface area contributed by atoms with Gasteiger partial charge in [-0.05, 0) is 60.6 Å². The van der Waals surface area contributed by atoms with E-state index in [4.69, 9.17) is 14.2 Å². The van der Waals surface area contributed by atoms with Crippen LogP contribution in [0, 0.1) is 6.92 Å². The molecule has 0 atom stereocenters. The molecule has 0 saturated heterocycles. The first-order chi connectivity index (χ1) is 20.0. The molecule has 3 aromatic carbocycles. The minimum absolute atomic E-state index is 0. The van der Waals surface area contributed by atoms with Crippen LogP contribution in [0.1, 0.15) is 48.0 Å². The Morgan fingerprint density at radius 1 is 0.905 bits per heavy atom. The Morgan fingerprint density at radius 2 is 1.60 bits per heavy atom. The van der Waals surface area contributed by atoms with E-state index in [0.717, 1.165) is 76.3 Å². The number of benzene rings is 3. The molecule has 1 N–H and O–H groups in total. The van der Waals surface area contributed by atoms with Gasteiger partial charge in [0.05, 0.1) is 12.8 Å². The van der Waals surface area contributed by atoms with E-state index in [2.05, 4.69) is 17.1 Å². The molecule has 0 aliphatic heterocycles. The quantitative estimate of drug-likeness (QED) is 0.183. The van der Waals surface area contributed by atoms with E-state index < -0.39 is 5.76 Å². The molecule has 218 valence electrons. The summed E-state index contributed by atoms with van der Waals surface area (Å²) >= 11 is 0. The summed E-state index contributed by atoms with van der Waals surface area (Å²) in [4.78, 5) is 32.9. The first-order valence-electron chi connectivity index (χ1n) is 13.9. The molecule has 0 saturated carbocycles. The molecule has 5 aromatic rings. The van der Waals surface area contributed by atoms with Gasteiger partial charge in [0.15, 0.2) is 5.82 Å². The summed E-state index contributed by atoms with van der Waals surface area (Å²) < 4.78 is 11.8. The van der Waals surface area contributed by atoms with Gasteiger partial charge >= 0.3 is 5.76 Å². The van der Waals surface area contributed by atoms with Crippen LogP contribution in [-0.2, 0) is 25.8 Å². The molecule has 0 radical (unpaired) electrons. The van der Waals surface area contributed by atoms with Crippen LogP contribution in [0.15, 0.2) is 86.9 Å². The highest BCUT2D eigenvalue weighted by atomic mass is 79.9. The van der Waals surface area contributed by atoms with Gasteiger partial charge in [0.2, 0.25) is 0 Å². The summed E-state index contributed by atoms with van der Waals surface area (Å²) in [7, 11) is 1.65. The lowest BCUT2D eigenvalue weighted by molar-refractivity contribution is 0.388. The number of unbranched alkanes of at least 4 members (excludes halogenated alkanes) is 1. The van der Waals surface area contributed by atoms with Crippen LogP contribution in [0.2, 0.25) is 0 Å². The van der Waals surface area contributed by atoms with Crippen molar-refractivity contribution < 1.29 is 9.26 Å². The van der Waals surface area contributed by atoms with Crippen LogP contribution >= 0.6 is 17.0 Å². The average molecular weight is 632 g/mol. The molecule has 0 amide bonds. The van der Waals surface area contributed by atoms with Gasteiger partial charge in [0, 0.05) is 24.1 Å². The van der Waals surface area contributed by atoms with E-state index in [0.29, 0.717) is 18.8 Å². The molecular weight excluding hydrogens is 596 g/mol. The number of aryl methyl sites for hydroxylation is 3. The Balaban J connectivity index is 0.00000405. The van der Waals surface area contributed by atoms with Crippen LogP contribution in [0.4, 0.5) is 0 Å². The van der Waals surface area contributed by atoms with E-state index in [1.165, 1.54) is 0 Å². The van der Waals surface area contributed by atoms with E-state index in [1.54, 1.807) is 11.7 Å². The van der Waals surface area contributed by atoms with Crippen LogP contribution < -0.4 is 16.1 Å². The summed E-state index contributed by atoms with van der Waals surface area (Å²) in [6, 6.07) is 23.8. The van der Waals surface area contributed by atoms with Gasteiger partial charge in [-0.25, -0.2) is 9.78 Å². The molecule has 9 heteroatoms. The molecule has 0 spiro atoms. The van der Waals surface area contributed by atoms with Crippen molar-refractivity contribution >= 4 is 17.0 Å². The zero-order valence-corrected chi connectivity index (χ0v) is 25.8. The van der Waals surface area contributed by atoms with E-state index >= 15 is 0 Å². The van der Waals surface area contributed by atoms with Crippen molar-refractivity contribution in [2.45, 2.75) is 52.5 Å². The molecule has 2 heterocycles. The summed E-state index contributed by atoms with van der Waals surface area (Å²) in [6.45, 7) is 4.63. The molecule has 0 unspecified atom stereocenters. The largest absolute Gasteiger partial charge is 0.497 e. The fourth-order valence-electron chi connectivity index (χ4n) is 5.08. The van der Waals surface area contributed by atoms with Crippen molar-refractivity contribution in [1.82, 2.24) is 19.7 Å². The Bertz CT molecular complexity index is 1740. The van der Waals surface area contributed by atoms with Gasteiger partial charge in [-0.15, -0.1) is 17.0 Å². The lowest BCUT2D eigenvalue weighted by atomic mass is 9.96. The number of hydrogen-bond donors (Lipinski definition) is 1. The monoisotopic (exact) mass is 630 g/mol. The third kappa shape index (κ3) is 6.97. The SMILES string of the molecule is Br.CCCCc1nc(C)n(CCc2ccc(OC)cc2)c(=O)c1Cc1ccc(-c2ccccc2-c2noc(=O)[nH]2)cc1. The second-order valence-electron chi connectivity index (χ2n) is 10.1. The average Bonchev–Trinajstić information content (AvgIpc) is 3.44. The minimum atomic E-state index is -0.592. The number of H-pyrrole nitrogens is 1. The van der Waals surface area contributed by atoms with Crippen molar-refractivity contribution in [3.8, 4) is 28.3 Å². The zero-order chi connectivity index (χ0) is 28.8. The molecular formula is C33H35BrN4O4. The molecule has 0 bridgehead atoms. The predicted octanol–water partition coefficient (Wildman–Crippen LogP) is 6.32. The van der Waals surface area contributed by atoms with Crippen LogP contribution in [0.25, 0.3) is 22.5 Å². The number of aromatic amines is 1. The van der Waals surface area contributed by atoms with Gasteiger partial charge in [-0.2, -0.15) is 0 Å². The third-order valence-corrected chi connectivity index (χ3v) is 7.36. The third-order valence-electron chi connectivity index (χ3n) is 7.36. The molecule has 2 aromatic heterocycles. The molecule has 0 fully saturated rings. The summed E-state index contributed by atoms with van der Waals surface area (Å²) in [5, 5.41) is 3.85. The van der Waals surface area contributed by atoms with Gasteiger partial charge in [-0.3, -0.25) is 18.9 Å².